The molecule has 0 unspecified atom stereocenters. The van der Waals surface area contributed by atoms with Gasteiger partial charge in [0.25, 0.3) is 0 Å². The zero-order chi connectivity index (χ0) is 13.4. The number of benzene rings is 1. The number of aromatic nitrogens is 2. The highest BCUT2D eigenvalue weighted by Gasteiger charge is 2.19. The number of hydrogen-bond acceptors (Lipinski definition) is 3. The lowest BCUT2D eigenvalue weighted by Crippen LogP contribution is -2.03. The van der Waals surface area contributed by atoms with E-state index in [1.54, 1.807) is 0 Å². The fourth-order valence-corrected chi connectivity index (χ4v) is 3.12. The lowest BCUT2D eigenvalue weighted by molar-refractivity contribution is 0.755. The van der Waals surface area contributed by atoms with Crippen LogP contribution in [0.3, 0.4) is 0 Å². The van der Waals surface area contributed by atoms with Gasteiger partial charge >= 0.3 is 0 Å². The van der Waals surface area contributed by atoms with E-state index in [-0.39, 0.29) is 0 Å². The van der Waals surface area contributed by atoms with Crippen molar-refractivity contribution < 1.29 is 0 Å². The highest BCUT2D eigenvalue weighted by Crippen LogP contribution is 2.29. The maximum atomic E-state index is 4.74. The smallest absolute Gasteiger partial charge is 0.160 e. The molecule has 0 aliphatic carbocycles. The molecule has 1 aliphatic rings. The highest BCUT2D eigenvalue weighted by atomic mass is 79.9. The summed E-state index contributed by atoms with van der Waals surface area (Å²) in [5.74, 6) is 0.825. The van der Waals surface area contributed by atoms with Crippen LogP contribution in [0.15, 0.2) is 22.7 Å². The van der Waals surface area contributed by atoms with Gasteiger partial charge in [-0.25, -0.2) is 9.97 Å². The second-order valence-corrected chi connectivity index (χ2v) is 5.71. The normalized spacial score (nSPS) is 13.6. The maximum absolute atomic E-state index is 4.74. The van der Waals surface area contributed by atoms with E-state index >= 15 is 0 Å². The first-order valence-electron chi connectivity index (χ1n) is 6.55. The van der Waals surface area contributed by atoms with E-state index in [0.29, 0.717) is 0 Å². The second-order valence-electron chi connectivity index (χ2n) is 4.86. The Bertz CT molecular complexity index is 638. The Hall–Kier alpha value is -1.26. The van der Waals surface area contributed by atoms with Gasteiger partial charge in [0.1, 0.15) is 0 Å². The third kappa shape index (κ3) is 2.30. The molecule has 0 saturated heterocycles. The maximum Gasteiger partial charge on any atom is 0.160 e. The SMILES string of the molecule is CCc1nc(-c2ccc(C)cc2Br)nc2c1CNC2. The predicted octanol–water partition coefficient (Wildman–Crippen LogP) is 3.38. The zero-order valence-electron chi connectivity index (χ0n) is 11.1. The van der Waals surface area contributed by atoms with Crippen LogP contribution in [0.1, 0.15) is 29.4 Å². The third-order valence-corrected chi connectivity index (χ3v) is 4.13. The molecule has 0 atom stereocenters. The van der Waals surface area contributed by atoms with Crippen molar-refractivity contribution in [1.82, 2.24) is 15.3 Å². The van der Waals surface area contributed by atoms with Gasteiger partial charge in [0.15, 0.2) is 5.82 Å². The Kier molecular flexibility index (Phi) is 3.37. The second kappa shape index (κ2) is 5.02. The molecule has 2 aromatic rings. The van der Waals surface area contributed by atoms with Crippen molar-refractivity contribution >= 4 is 15.9 Å². The molecule has 0 fully saturated rings. The van der Waals surface area contributed by atoms with Crippen molar-refractivity contribution in [1.29, 1.82) is 0 Å². The summed E-state index contributed by atoms with van der Waals surface area (Å²) in [7, 11) is 0. The molecular weight excluding hydrogens is 302 g/mol. The topological polar surface area (TPSA) is 37.8 Å². The molecule has 3 nitrogen and oxygen atoms in total. The number of fused-ring (bicyclic) bond motifs is 1. The molecule has 0 spiro atoms. The lowest BCUT2D eigenvalue weighted by Gasteiger charge is -2.09. The average molecular weight is 318 g/mol. The summed E-state index contributed by atoms with van der Waals surface area (Å²) in [6.07, 6.45) is 0.947. The van der Waals surface area contributed by atoms with Gasteiger partial charge in [-0.15, -0.1) is 0 Å². The Morgan fingerprint density at radius 3 is 2.84 bits per heavy atom. The van der Waals surface area contributed by atoms with Crippen LogP contribution in [0, 0.1) is 6.92 Å². The van der Waals surface area contributed by atoms with Gasteiger partial charge in [-0.1, -0.05) is 28.9 Å². The first-order chi connectivity index (χ1) is 9.19. The molecule has 98 valence electrons. The van der Waals surface area contributed by atoms with Crippen molar-refractivity contribution in [2.24, 2.45) is 0 Å². The van der Waals surface area contributed by atoms with E-state index < -0.39 is 0 Å². The number of aryl methyl sites for hydroxylation is 2. The molecule has 0 radical (unpaired) electrons. The number of nitrogens with zero attached hydrogens (tertiary/aromatic N) is 2. The summed E-state index contributed by atoms with van der Waals surface area (Å²) in [6.45, 7) is 5.98. The third-order valence-electron chi connectivity index (χ3n) is 3.47. The van der Waals surface area contributed by atoms with Gasteiger partial charge in [-0.2, -0.15) is 0 Å². The molecule has 1 aliphatic heterocycles. The molecule has 1 N–H and O–H groups in total. The van der Waals surface area contributed by atoms with Crippen LogP contribution >= 0.6 is 15.9 Å². The van der Waals surface area contributed by atoms with Crippen molar-refractivity contribution in [2.45, 2.75) is 33.4 Å². The molecule has 2 heterocycles. The minimum atomic E-state index is 0.825. The summed E-state index contributed by atoms with van der Waals surface area (Å²) < 4.78 is 1.06. The van der Waals surface area contributed by atoms with Crippen LogP contribution in [0.4, 0.5) is 0 Å². The van der Waals surface area contributed by atoms with Gasteiger partial charge in [0.2, 0.25) is 0 Å². The van der Waals surface area contributed by atoms with Gasteiger partial charge in [0.05, 0.1) is 5.69 Å². The average Bonchev–Trinajstić information content (AvgIpc) is 2.85. The summed E-state index contributed by atoms with van der Waals surface area (Å²) in [5, 5.41) is 3.35. The van der Waals surface area contributed by atoms with Crippen molar-refractivity contribution in [3.8, 4) is 11.4 Å². The standard InChI is InChI=1S/C15H16BrN3/c1-3-13-11-7-17-8-14(11)19-15(18-13)10-5-4-9(2)6-12(10)16/h4-6,17H,3,7-8H2,1-2H3. The zero-order valence-corrected chi connectivity index (χ0v) is 12.7. The monoisotopic (exact) mass is 317 g/mol. The summed E-state index contributed by atoms with van der Waals surface area (Å²) in [6, 6.07) is 6.29. The molecule has 1 aromatic carbocycles. The summed E-state index contributed by atoms with van der Waals surface area (Å²) in [4.78, 5) is 9.46. The van der Waals surface area contributed by atoms with Gasteiger partial charge in [-0.3, -0.25) is 0 Å². The fourth-order valence-electron chi connectivity index (χ4n) is 2.45. The molecule has 0 amide bonds. The number of hydrogen-bond donors (Lipinski definition) is 1. The molecule has 1 aromatic heterocycles. The van der Waals surface area contributed by atoms with Gasteiger partial charge in [0, 0.05) is 34.4 Å². The van der Waals surface area contributed by atoms with Crippen LogP contribution in [-0.4, -0.2) is 9.97 Å². The Morgan fingerprint density at radius 2 is 2.11 bits per heavy atom. The summed E-state index contributed by atoms with van der Waals surface area (Å²) >= 11 is 3.62. The van der Waals surface area contributed by atoms with Crippen molar-refractivity contribution in [3.05, 3.63) is 45.2 Å². The van der Waals surface area contributed by atoms with E-state index in [9.17, 15) is 0 Å². The molecule has 4 heteroatoms. The highest BCUT2D eigenvalue weighted by molar-refractivity contribution is 9.10. The van der Waals surface area contributed by atoms with E-state index in [2.05, 4.69) is 53.3 Å². The van der Waals surface area contributed by atoms with Crippen LogP contribution in [0.25, 0.3) is 11.4 Å². The van der Waals surface area contributed by atoms with E-state index in [0.717, 1.165) is 46.8 Å². The first-order valence-corrected chi connectivity index (χ1v) is 7.34. The number of halogens is 1. The van der Waals surface area contributed by atoms with Gasteiger partial charge < -0.3 is 5.32 Å². The molecule has 3 rings (SSSR count). The van der Waals surface area contributed by atoms with Crippen LogP contribution < -0.4 is 5.32 Å². The Balaban J connectivity index is 2.15. The Morgan fingerprint density at radius 1 is 1.26 bits per heavy atom. The Labute approximate surface area is 121 Å². The minimum absolute atomic E-state index is 0.825. The first kappa shape index (κ1) is 12.8. The van der Waals surface area contributed by atoms with E-state index in [4.69, 9.17) is 9.97 Å². The quantitative estimate of drug-likeness (QED) is 0.922. The van der Waals surface area contributed by atoms with E-state index in [1.165, 1.54) is 11.1 Å². The molecule has 19 heavy (non-hydrogen) atoms. The lowest BCUT2D eigenvalue weighted by atomic mass is 10.1. The van der Waals surface area contributed by atoms with E-state index in [1.807, 2.05) is 0 Å². The van der Waals surface area contributed by atoms with Crippen molar-refractivity contribution in [2.75, 3.05) is 0 Å². The molecule has 0 bridgehead atoms. The fraction of sp³-hybridized carbons (Fsp3) is 0.333. The van der Waals surface area contributed by atoms with Crippen molar-refractivity contribution in [3.63, 3.8) is 0 Å². The molecule has 0 saturated carbocycles. The van der Waals surface area contributed by atoms with Crippen LogP contribution in [0.5, 0.6) is 0 Å². The van der Waals surface area contributed by atoms with Crippen LogP contribution in [-0.2, 0) is 19.5 Å². The predicted molar refractivity (Wildman–Crippen MR) is 79.8 cm³/mol. The van der Waals surface area contributed by atoms with Gasteiger partial charge in [-0.05, 0) is 31.0 Å². The number of rotatable bonds is 2. The largest absolute Gasteiger partial charge is 0.307 e. The molecular formula is C15H16BrN3. The number of nitrogens with one attached hydrogen (secondary N) is 1. The minimum Gasteiger partial charge on any atom is -0.307 e. The summed E-state index contributed by atoms with van der Waals surface area (Å²) in [5.41, 5.74) is 5.89. The van der Waals surface area contributed by atoms with Crippen LogP contribution in [0.2, 0.25) is 0 Å².